The molecule has 0 aliphatic heterocycles. The summed E-state index contributed by atoms with van der Waals surface area (Å²) in [4.78, 5) is 24.3. The van der Waals surface area contributed by atoms with Crippen molar-refractivity contribution in [1.29, 1.82) is 0 Å². The normalized spacial score (nSPS) is 10.7. The van der Waals surface area contributed by atoms with E-state index in [1.165, 1.54) is 11.3 Å². The van der Waals surface area contributed by atoms with Crippen LogP contribution in [0.25, 0.3) is 0 Å². The van der Waals surface area contributed by atoms with Crippen molar-refractivity contribution < 1.29 is 18.4 Å². The Kier molecular flexibility index (Phi) is 4.95. The van der Waals surface area contributed by atoms with Gasteiger partial charge in [-0.25, -0.2) is 13.6 Å². The molecule has 1 aromatic carbocycles. The van der Waals surface area contributed by atoms with Crippen LogP contribution < -0.4 is 16.4 Å². The van der Waals surface area contributed by atoms with Crippen molar-refractivity contribution in [2.24, 2.45) is 5.73 Å². The van der Waals surface area contributed by atoms with Crippen molar-refractivity contribution >= 4 is 34.0 Å². The molecule has 3 amide bonds. The topological polar surface area (TPSA) is 84.2 Å². The van der Waals surface area contributed by atoms with Gasteiger partial charge in [0.25, 0.3) is 5.91 Å². The van der Waals surface area contributed by atoms with E-state index in [1.807, 2.05) is 13.8 Å². The van der Waals surface area contributed by atoms with Crippen LogP contribution in [0.5, 0.6) is 0 Å². The zero-order valence-electron chi connectivity index (χ0n) is 12.4. The molecule has 0 saturated heterocycles. The number of carbonyl (C=O) groups excluding carboxylic acids is 2. The van der Waals surface area contributed by atoms with Crippen LogP contribution in [0.15, 0.2) is 24.3 Å². The second-order valence-electron chi connectivity index (χ2n) is 5.11. The Balaban J connectivity index is 2.18. The maximum absolute atomic E-state index is 13.5. The first-order valence-electron chi connectivity index (χ1n) is 6.74. The SMILES string of the molecule is CC(C)c1cc(C(N)=O)c(NC(=O)Nc2ccc(F)cc2F)s1. The second kappa shape index (κ2) is 6.74. The lowest BCUT2D eigenvalue weighted by Crippen LogP contribution is -2.21. The number of anilines is 2. The Morgan fingerprint density at radius 2 is 1.87 bits per heavy atom. The number of primary amides is 1. The van der Waals surface area contributed by atoms with Gasteiger partial charge in [0.1, 0.15) is 16.6 Å². The van der Waals surface area contributed by atoms with Gasteiger partial charge >= 0.3 is 6.03 Å². The number of halogens is 2. The van der Waals surface area contributed by atoms with Gasteiger partial charge in [0.2, 0.25) is 0 Å². The first kappa shape index (κ1) is 16.9. The lowest BCUT2D eigenvalue weighted by molar-refractivity contribution is 0.100. The zero-order chi connectivity index (χ0) is 17.1. The third kappa shape index (κ3) is 4.04. The number of thiophene rings is 1. The van der Waals surface area contributed by atoms with Gasteiger partial charge in [0.15, 0.2) is 0 Å². The Morgan fingerprint density at radius 1 is 1.17 bits per heavy atom. The molecule has 5 nitrogen and oxygen atoms in total. The molecular formula is C15H15F2N3O2S. The fourth-order valence-electron chi connectivity index (χ4n) is 1.82. The third-order valence-corrected chi connectivity index (χ3v) is 4.34. The van der Waals surface area contributed by atoms with Crippen LogP contribution in [-0.2, 0) is 0 Å². The molecule has 0 fully saturated rings. The van der Waals surface area contributed by atoms with E-state index in [0.29, 0.717) is 6.07 Å². The molecule has 0 aliphatic carbocycles. The van der Waals surface area contributed by atoms with E-state index in [2.05, 4.69) is 10.6 Å². The summed E-state index contributed by atoms with van der Waals surface area (Å²) < 4.78 is 26.3. The first-order valence-corrected chi connectivity index (χ1v) is 7.56. The number of amides is 3. The lowest BCUT2D eigenvalue weighted by Gasteiger charge is -2.08. The van der Waals surface area contributed by atoms with Crippen LogP contribution in [-0.4, -0.2) is 11.9 Å². The van der Waals surface area contributed by atoms with E-state index in [1.54, 1.807) is 6.07 Å². The van der Waals surface area contributed by atoms with Crippen molar-refractivity contribution in [1.82, 2.24) is 0 Å². The number of nitrogens with two attached hydrogens (primary N) is 1. The maximum Gasteiger partial charge on any atom is 0.324 e. The first-order chi connectivity index (χ1) is 10.8. The molecule has 1 aromatic heterocycles. The highest BCUT2D eigenvalue weighted by atomic mass is 32.1. The Morgan fingerprint density at radius 3 is 2.43 bits per heavy atom. The van der Waals surface area contributed by atoms with E-state index >= 15 is 0 Å². The summed E-state index contributed by atoms with van der Waals surface area (Å²) in [7, 11) is 0. The molecule has 0 atom stereocenters. The lowest BCUT2D eigenvalue weighted by atomic mass is 10.1. The van der Waals surface area contributed by atoms with Gasteiger partial charge < -0.3 is 11.1 Å². The number of hydrogen-bond donors (Lipinski definition) is 3. The summed E-state index contributed by atoms with van der Waals surface area (Å²) in [5.74, 6) is -2.16. The molecule has 0 radical (unpaired) electrons. The molecule has 2 rings (SSSR count). The fourth-order valence-corrected chi connectivity index (χ4v) is 2.88. The minimum Gasteiger partial charge on any atom is -0.366 e. The molecule has 122 valence electrons. The quantitative estimate of drug-likeness (QED) is 0.789. The molecule has 8 heteroatoms. The summed E-state index contributed by atoms with van der Waals surface area (Å²) >= 11 is 1.21. The second-order valence-corrected chi connectivity index (χ2v) is 6.20. The van der Waals surface area contributed by atoms with E-state index < -0.39 is 23.6 Å². The van der Waals surface area contributed by atoms with Crippen molar-refractivity contribution in [3.8, 4) is 0 Å². The molecule has 0 aliphatic rings. The molecule has 23 heavy (non-hydrogen) atoms. The standard InChI is InChI=1S/C15H15F2N3O2S/c1-7(2)12-6-9(13(18)21)14(23-12)20-15(22)19-11-4-3-8(16)5-10(11)17/h3-7H,1-2H3,(H2,18,21)(H2,19,20,22). The highest BCUT2D eigenvalue weighted by Crippen LogP contribution is 2.32. The number of benzene rings is 1. The molecule has 0 spiro atoms. The monoisotopic (exact) mass is 339 g/mol. The average Bonchev–Trinajstić information content (AvgIpc) is 2.86. The Hall–Kier alpha value is -2.48. The van der Waals surface area contributed by atoms with Crippen molar-refractivity contribution in [2.75, 3.05) is 10.6 Å². The molecule has 0 saturated carbocycles. The summed E-state index contributed by atoms with van der Waals surface area (Å²) in [5.41, 5.74) is 5.30. The number of hydrogen-bond acceptors (Lipinski definition) is 3. The van der Waals surface area contributed by atoms with E-state index in [-0.39, 0.29) is 22.2 Å². The van der Waals surface area contributed by atoms with Gasteiger partial charge in [-0.2, -0.15) is 0 Å². The average molecular weight is 339 g/mol. The maximum atomic E-state index is 13.5. The number of rotatable bonds is 4. The molecule has 0 unspecified atom stereocenters. The highest BCUT2D eigenvalue weighted by Gasteiger charge is 2.18. The smallest absolute Gasteiger partial charge is 0.324 e. The molecule has 0 bridgehead atoms. The van der Waals surface area contributed by atoms with Crippen molar-refractivity contribution in [3.63, 3.8) is 0 Å². The largest absolute Gasteiger partial charge is 0.366 e. The highest BCUT2D eigenvalue weighted by molar-refractivity contribution is 7.16. The zero-order valence-corrected chi connectivity index (χ0v) is 13.3. The number of urea groups is 1. The minimum atomic E-state index is -0.899. The molecule has 2 aromatic rings. The van der Waals surface area contributed by atoms with Gasteiger partial charge in [-0.15, -0.1) is 11.3 Å². The van der Waals surface area contributed by atoms with Gasteiger partial charge in [-0.3, -0.25) is 10.1 Å². The summed E-state index contributed by atoms with van der Waals surface area (Å²) in [6, 6.07) is 3.65. The van der Waals surface area contributed by atoms with Crippen LogP contribution in [0, 0.1) is 11.6 Å². The van der Waals surface area contributed by atoms with Crippen molar-refractivity contribution in [2.45, 2.75) is 19.8 Å². The summed E-state index contributed by atoms with van der Waals surface area (Å²) in [6.45, 7) is 3.88. The van der Waals surface area contributed by atoms with Crippen LogP contribution >= 0.6 is 11.3 Å². The van der Waals surface area contributed by atoms with E-state index in [9.17, 15) is 18.4 Å². The van der Waals surface area contributed by atoms with Crippen molar-refractivity contribution in [3.05, 3.63) is 46.3 Å². The number of nitrogens with one attached hydrogen (secondary N) is 2. The summed E-state index contributed by atoms with van der Waals surface area (Å²) in [6.07, 6.45) is 0. The molecule has 1 heterocycles. The Bertz CT molecular complexity index is 759. The predicted octanol–water partition coefficient (Wildman–Crippen LogP) is 3.89. The van der Waals surface area contributed by atoms with Crippen LogP contribution in [0.3, 0.4) is 0 Å². The van der Waals surface area contributed by atoms with Crippen LogP contribution in [0.2, 0.25) is 0 Å². The van der Waals surface area contributed by atoms with Crippen LogP contribution in [0.1, 0.15) is 35.0 Å². The van der Waals surface area contributed by atoms with Gasteiger partial charge in [-0.05, 0) is 24.1 Å². The van der Waals surface area contributed by atoms with E-state index in [4.69, 9.17) is 5.73 Å². The van der Waals surface area contributed by atoms with Gasteiger partial charge in [0.05, 0.1) is 11.3 Å². The predicted molar refractivity (Wildman–Crippen MR) is 85.9 cm³/mol. The minimum absolute atomic E-state index is 0.159. The van der Waals surface area contributed by atoms with Gasteiger partial charge in [-0.1, -0.05) is 13.8 Å². The fraction of sp³-hybridized carbons (Fsp3) is 0.200. The van der Waals surface area contributed by atoms with Crippen LogP contribution in [0.4, 0.5) is 24.3 Å². The Labute approximate surface area is 135 Å². The summed E-state index contributed by atoms with van der Waals surface area (Å²) in [5, 5.41) is 5.00. The number of carbonyl (C=O) groups is 2. The van der Waals surface area contributed by atoms with E-state index in [0.717, 1.165) is 17.0 Å². The third-order valence-electron chi connectivity index (χ3n) is 2.99. The molecular weight excluding hydrogens is 324 g/mol. The van der Waals surface area contributed by atoms with Gasteiger partial charge in [0, 0.05) is 10.9 Å². The molecule has 4 N–H and O–H groups in total.